The van der Waals surface area contributed by atoms with Crippen LogP contribution < -0.4 is 10.9 Å². The average molecular weight is 420 g/mol. The first kappa shape index (κ1) is 22.4. The minimum Gasteiger partial charge on any atom is -0.317 e. The molecule has 10 heteroatoms. The van der Waals surface area contributed by atoms with E-state index in [-0.39, 0.29) is 48.7 Å². The number of piperidine rings is 1. The van der Waals surface area contributed by atoms with E-state index < -0.39 is 0 Å². The molecule has 0 atom stereocenters. The van der Waals surface area contributed by atoms with Gasteiger partial charge in [0, 0.05) is 5.92 Å². The molecule has 1 aliphatic heterocycles. The first-order valence-corrected chi connectivity index (χ1v) is 7.89. The lowest BCUT2D eigenvalue weighted by atomic mass is 9.97. The molecule has 1 fully saturated rings. The molecular weight excluding hydrogens is 399 g/mol. The maximum absolute atomic E-state index is 12.3. The van der Waals surface area contributed by atoms with Gasteiger partial charge in [-0.15, -0.1) is 42.3 Å². The first-order valence-electron chi connectivity index (χ1n) is 7.89. The number of nitrogens with one attached hydrogen (secondary N) is 2. The molecule has 2 aromatic heterocycles. The highest BCUT2D eigenvalue weighted by Gasteiger charge is 2.20. The van der Waals surface area contributed by atoms with E-state index in [0.29, 0.717) is 17.7 Å². The molecule has 1 saturated heterocycles. The predicted molar refractivity (Wildman–Crippen MR) is 108 cm³/mol. The van der Waals surface area contributed by atoms with E-state index in [1.54, 1.807) is 4.68 Å². The predicted octanol–water partition coefficient (Wildman–Crippen LogP) is 2.30. The van der Waals surface area contributed by atoms with Gasteiger partial charge in [-0.2, -0.15) is 0 Å². The molecule has 0 amide bonds. The third kappa shape index (κ3) is 4.54. The molecule has 3 aromatic rings. The van der Waals surface area contributed by atoms with Crippen LogP contribution in [0.4, 0.5) is 0 Å². The molecule has 1 aliphatic rings. The molecular formula is C16H21Cl3N6O. The Kier molecular flexibility index (Phi) is 8.49. The SMILES string of the molecule is Cl.Cl.Cl.O=c1[nH]c(C2CCNCC2)nc2c1nnn2Cc1ccccc1. The number of aromatic nitrogens is 5. The first-order chi connectivity index (χ1) is 11.3. The number of halogens is 3. The van der Waals surface area contributed by atoms with Crippen molar-refractivity contribution in [1.29, 1.82) is 0 Å². The summed E-state index contributed by atoms with van der Waals surface area (Å²) in [5, 5.41) is 11.4. The molecule has 0 unspecified atom stereocenters. The second-order valence-electron chi connectivity index (χ2n) is 5.88. The molecule has 0 radical (unpaired) electrons. The van der Waals surface area contributed by atoms with Crippen LogP contribution in [-0.2, 0) is 6.54 Å². The van der Waals surface area contributed by atoms with E-state index in [2.05, 4.69) is 25.6 Å². The van der Waals surface area contributed by atoms with Crippen LogP contribution >= 0.6 is 37.2 Å². The lowest BCUT2D eigenvalue weighted by Gasteiger charge is -2.21. The van der Waals surface area contributed by atoms with Crippen LogP contribution in [0.5, 0.6) is 0 Å². The minimum absolute atomic E-state index is 0. The number of rotatable bonds is 3. The van der Waals surface area contributed by atoms with Gasteiger partial charge < -0.3 is 10.3 Å². The van der Waals surface area contributed by atoms with Gasteiger partial charge in [-0.3, -0.25) is 4.79 Å². The maximum Gasteiger partial charge on any atom is 0.281 e. The fourth-order valence-corrected chi connectivity index (χ4v) is 3.03. The van der Waals surface area contributed by atoms with E-state index in [4.69, 9.17) is 0 Å². The maximum atomic E-state index is 12.3. The molecule has 0 bridgehead atoms. The standard InChI is InChI=1S/C16H18N6O.3ClH/c23-16-13-15(18-14(19-16)12-6-8-17-9-7-12)22(21-20-13)10-11-4-2-1-3-5-11;;;/h1-5,12,17H,6-10H2,(H,18,19,23);3*1H. The van der Waals surface area contributed by atoms with Crippen molar-refractivity contribution >= 4 is 48.4 Å². The van der Waals surface area contributed by atoms with Crippen LogP contribution in [0.2, 0.25) is 0 Å². The lowest BCUT2D eigenvalue weighted by molar-refractivity contribution is 0.444. The van der Waals surface area contributed by atoms with Crippen molar-refractivity contribution in [1.82, 2.24) is 30.3 Å². The fraction of sp³-hybridized carbons (Fsp3) is 0.375. The molecule has 3 heterocycles. The van der Waals surface area contributed by atoms with Gasteiger partial charge in [0.25, 0.3) is 5.56 Å². The summed E-state index contributed by atoms with van der Waals surface area (Å²) in [4.78, 5) is 19.8. The molecule has 0 spiro atoms. The molecule has 7 nitrogen and oxygen atoms in total. The summed E-state index contributed by atoms with van der Waals surface area (Å²) in [6.07, 6.45) is 1.96. The van der Waals surface area contributed by atoms with E-state index in [9.17, 15) is 4.79 Å². The highest BCUT2D eigenvalue weighted by Crippen LogP contribution is 2.22. The van der Waals surface area contributed by atoms with E-state index in [0.717, 1.165) is 37.3 Å². The van der Waals surface area contributed by atoms with Gasteiger partial charge >= 0.3 is 0 Å². The molecule has 2 N–H and O–H groups in total. The molecule has 26 heavy (non-hydrogen) atoms. The fourth-order valence-electron chi connectivity index (χ4n) is 3.03. The van der Waals surface area contributed by atoms with Crippen LogP contribution in [0.3, 0.4) is 0 Å². The van der Waals surface area contributed by atoms with Crippen molar-refractivity contribution in [2.24, 2.45) is 0 Å². The highest BCUT2D eigenvalue weighted by atomic mass is 35.5. The van der Waals surface area contributed by atoms with Crippen molar-refractivity contribution in [3.05, 3.63) is 52.1 Å². The van der Waals surface area contributed by atoms with E-state index in [1.165, 1.54) is 0 Å². The number of hydrogen-bond donors (Lipinski definition) is 2. The Morgan fingerprint density at radius 3 is 2.46 bits per heavy atom. The number of nitrogens with zero attached hydrogens (tertiary/aromatic N) is 4. The number of hydrogen-bond acceptors (Lipinski definition) is 5. The van der Waals surface area contributed by atoms with Crippen LogP contribution in [0.25, 0.3) is 11.2 Å². The summed E-state index contributed by atoms with van der Waals surface area (Å²) in [5.74, 6) is 1.04. The van der Waals surface area contributed by atoms with Gasteiger partial charge in [-0.1, -0.05) is 35.5 Å². The Bertz CT molecular complexity index is 877. The summed E-state index contributed by atoms with van der Waals surface area (Å²) < 4.78 is 1.70. The average Bonchev–Trinajstić information content (AvgIpc) is 3.00. The van der Waals surface area contributed by atoms with Gasteiger partial charge in [0.2, 0.25) is 0 Å². The zero-order chi connectivity index (χ0) is 15.6. The third-order valence-electron chi connectivity index (χ3n) is 4.29. The molecule has 0 aliphatic carbocycles. The molecule has 1 aromatic carbocycles. The quantitative estimate of drug-likeness (QED) is 0.680. The summed E-state index contributed by atoms with van der Waals surface area (Å²) in [7, 11) is 0. The van der Waals surface area contributed by atoms with E-state index >= 15 is 0 Å². The van der Waals surface area contributed by atoms with Gasteiger partial charge in [0.05, 0.1) is 6.54 Å². The van der Waals surface area contributed by atoms with Crippen molar-refractivity contribution < 1.29 is 0 Å². The summed E-state index contributed by atoms with van der Waals surface area (Å²) in [6, 6.07) is 9.98. The van der Waals surface area contributed by atoms with Crippen molar-refractivity contribution in [2.45, 2.75) is 25.3 Å². The van der Waals surface area contributed by atoms with Crippen molar-refractivity contribution in [3.8, 4) is 0 Å². The number of aromatic amines is 1. The molecule has 4 rings (SSSR count). The van der Waals surface area contributed by atoms with Crippen molar-refractivity contribution in [2.75, 3.05) is 13.1 Å². The molecule has 0 saturated carbocycles. The third-order valence-corrected chi connectivity index (χ3v) is 4.29. The Morgan fingerprint density at radius 1 is 1.08 bits per heavy atom. The largest absolute Gasteiger partial charge is 0.317 e. The van der Waals surface area contributed by atoms with Crippen LogP contribution in [0.1, 0.15) is 30.1 Å². The number of benzene rings is 1. The smallest absolute Gasteiger partial charge is 0.281 e. The zero-order valence-corrected chi connectivity index (χ0v) is 16.4. The Morgan fingerprint density at radius 2 is 1.77 bits per heavy atom. The summed E-state index contributed by atoms with van der Waals surface area (Å²) in [6.45, 7) is 2.46. The summed E-state index contributed by atoms with van der Waals surface area (Å²) in [5.41, 5.74) is 1.76. The van der Waals surface area contributed by atoms with Crippen LogP contribution in [-0.4, -0.2) is 38.1 Å². The van der Waals surface area contributed by atoms with E-state index in [1.807, 2.05) is 30.3 Å². The van der Waals surface area contributed by atoms with Gasteiger partial charge in [-0.05, 0) is 31.5 Å². The van der Waals surface area contributed by atoms with Crippen LogP contribution in [0, 0.1) is 0 Å². The van der Waals surface area contributed by atoms with Crippen molar-refractivity contribution in [3.63, 3.8) is 0 Å². The molecule has 142 valence electrons. The minimum atomic E-state index is -0.206. The van der Waals surface area contributed by atoms with Crippen LogP contribution in [0.15, 0.2) is 35.1 Å². The second-order valence-corrected chi connectivity index (χ2v) is 5.88. The zero-order valence-electron chi connectivity index (χ0n) is 13.9. The summed E-state index contributed by atoms with van der Waals surface area (Å²) >= 11 is 0. The second kappa shape index (κ2) is 9.87. The Hall–Kier alpha value is -1.67. The Balaban J connectivity index is 0.00000113. The number of H-pyrrole nitrogens is 1. The van der Waals surface area contributed by atoms with Gasteiger partial charge in [0.1, 0.15) is 5.82 Å². The normalized spacial score (nSPS) is 14.2. The highest BCUT2D eigenvalue weighted by molar-refractivity contribution is 5.86. The Labute approximate surface area is 169 Å². The monoisotopic (exact) mass is 418 g/mol. The lowest BCUT2D eigenvalue weighted by Crippen LogP contribution is -2.28. The van der Waals surface area contributed by atoms with Gasteiger partial charge in [-0.25, -0.2) is 9.67 Å². The number of fused-ring (bicyclic) bond motifs is 1. The van der Waals surface area contributed by atoms with Gasteiger partial charge in [0.15, 0.2) is 11.2 Å². The topological polar surface area (TPSA) is 88.5 Å².